The molecule has 0 saturated heterocycles. The molecule has 1 aliphatic rings. The number of hydrogen-bond donors (Lipinski definition) is 1. The molecular formula is C17H19NO. The number of nitrogens with one attached hydrogen (secondary N) is 1. The lowest BCUT2D eigenvalue weighted by molar-refractivity contribution is 0.153. The summed E-state index contributed by atoms with van der Waals surface area (Å²) in [5, 5.41) is 3.40. The Morgan fingerprint density at radius 1 is 1.00 bits per heavy atom. The molecule has 19 heavy (non-hydrogen) atoms. The van der Waals surface area contributed by atoms with E-state index in [1.54, 1.807) is 0 Å². The Hall–Kier alpha value is -1.80. The molecule has 0 radical (unpaired) electrons. The minimum absolute atomic E-state index is 0.133. The molecule has 1 aliphatic heterocycles. The maximum Gasteiger partial charge on any atom is 0.126 e. The Kier molecular flexibility index (Phi) is 3.26. The monoisotopic (exact) mass is 253 g/mol. The normalized spacial score (nSPS) is 21.6. The first-order valence-electron chi connectivity index (χ1n) is 6.78. The third-order valence-corrected chi connectivity index (χ3v) is 3.90. The second-order valence-electron chi connectivity index (χ2n) is 5.08. The van der Waals surface area contributed by atoms with Gasteiger partial charge in [0.2, 0.25) is 0 Å². The van der Waals surface area contributed by atoms with E-state index in [9.17, 15) is 0 Å². The van der Waals surface area contributed by atoms with Gasteiger partial charge in [0.15, 0.2) is 0 Å². The van der Waals surface area contributed by atoms with E-state index in [4.69, 9.17) is 4.74 Å². The number of rotatable bonds is 2. The molecule has 2 atom stereocenters. The van der Waals surface area contributed by atoms with Gasteiger partial charge in [-0.15, -0.1) is 0 Å². The van der Waals surface area contributed by atoms with Crippen LogP contribution >= 0.6 is 0 Å². The highest BCUT2D eigenvalue weighted by molar-refractivity contribution is 5.40. The van der Waals surface area contributed by atoms with E-state index in [-0.39, 0.29) is 6.10 Å². The molecule has 0 saturated carbocycles. The zero-order chi connectivity index (χ0) is 13.2. The molecule has 98 valence electrons. The highest BCUT2D eigenvalue weighted by Gasteiger charge is 2.28. The number of benzene rings is 2. The van der Waals surface area contributed by atoms with E-state index >= 15 is 0 Å². The Balaban J connectivity index is 1.98. The Morgan fingerprint density at radius 3 is 2.42 bits per heavy atom. The summed E-state index contributed by atoms with van der Waals surface area (Å²) in [6.07, 6.45) is 1.10. The van der Waals surface area contributed by atoms with Crippen molar-refractivity contribution in [3.05, 3.63) is 65.2 Å². The number of hydrogen-bond acceptors (Lipinski definition) is 2. The molecule has 0 aliphatic carbocycles. The van der Waals surface area contributed by atoms with Gasteiger partial charge in [0.25, 0.3) is 0 Å². The molecule has 3 rings (SSSR count). The second-order valence-corrected chi connectivity index (χ2v) is 5.08. The number of aryl methyl sites for hydroxylation is 1. The number of ether oxygens (including phenoxy) is 1. The van der Waals surface area contributed by atoms with Crippen LogP contribution in [0, 0.1) is 6.92 Å². The summed E-state index contributed by atoms with van der Waals surface area (Å²) in [6.45, 7) is 2.15. The summed E-state index contributed by atoms with van der Waals surface area (Å²) >= 11 is 0. The second kappa shape index (κ2) is 5.06. The van der Waals surface area contributed by atoms with Crippen LogP contribution in [0.4, 0.5) is 0 Å². The van der Waals surface area contributed by atoms with Gasteiger partial charge < -0.3 is 10.1 Å². The zero-order valence-electron chi connectivity index (χ0n) is 11.4. The highest BCUT2D eigenvalue weighted by Crippen LogP contribution is 2.40. The average Bonchev–Trinajstić information content (AvgIpc) is 2.46. The lowest BCUT2D eigenvalue weighted by Gasteiger charge is -2.33. The summed E-state index contributed by atoms with van der Waals surface area (Å²) in [4.78, 5) is 0. The fourth-order valence-corrected chi connectivity index (χ4v) is 2.83. The highest BCUT2D eigenvalue weighted by atomic mass is 16.5. The smallest absolute Gasteiger partial charge is 0.126 e. The predicted molar refractivity (Wildman–Crippen MR) is 77.4 cm³/mol. The van der Waals surface area contributed by atoms with Crippen molar-refractivity contribution in [1.82, 2.24) is 5.32 Å². The molecule has 0 bridgehead atoms. The molecule has 2 aromatic carbocycles. The van der Waals surface area contributed by atoms with Crippen molar-refractivity contribution < 1.29 is 4.74 Å². The van der Waals surface area contributed by atoms with Crippen LogP contribution in [0.2, 0.25) is 0 Å². The summed E-state index contributed by atoms with van der Waals surface area (Å²) < 4.78 is 6.19. The topological polar surface area (TPSA) is 21.3 Å². The van der Waals surface area contributed by atoms with E-state index in [1.807, 2.05) is 13.1 Å². The molecule has 0 spiro atoms. The minimum Gasteiger partial charge on any atom is -0.485 e. The van der Waals surface area contributed by atoms with E-state index in [1.165, 1.54) is 16.7 Å². The van der Waals surface area contributed by atoms with Crippen LogP contribution in [0.5, 0.6) is 5.75 Å². The molecular weight excluding hydrogens is 234 g/mol. The van der Waals surface area contributed by atoms with Crippen molar-refractivity contribution in [2.24, 2.45) is 0 Å². The first kappa shape index (κ1) is 12.2. The van der Waals surface area contributed by atoms with Gasteiger partial charge >= 0.3 is 0 Å². The SMILES string of the molecule is CNC1CC(c2ccccc2C)Oc2ccccc21. The van der Waals surface area contributed by atoms with Crippen molar-refractivity contribution in [2.45, 2.75) is 25.5 Å². The van der Waals surface area contributed by atoms with Crippen LogP contribution in [-0.4, -0.2) is 7.05 Å². The van der Waals surface area contributed by atoms with Gasteiger partial charge in [0.05, 0.1) is 0 Å². The average molecular weight is 253 g/mol. The molecule has 2 aromatic rings. The van der Waals surface area contributed by atoms with Crippen LogP contribution in [0.15, 0.2) is 48.5 Å². The van der Waals surface area contributed by atoms with Crippen molar-refractivity contribution in [2.75, 3.05) is 7.05 Å². The predicted octanol–water partition coefficient (Wildman–Crippen LogP) is 3.78. The minimum atomic E-state index is 0.133. The van der Waals surface area contributed by atoms with E-state index in [0.29, 0.717) is 6.04 Å². The Bertz CT molecular complexity index is 579. The summed E-state index contributed by atoms with van der Waals surface area (Å²) in [5.41, 5.74) is 3.84. The number of para-hydroxylation sites is 1. The van der Waals surface area contributed by atoms with E-state index in [0.717, 1.165) is 12.2 Å². The Morgan fingerprint density at radius 2 is 1.68 bits per heavy atom. The third kappa shape index (κ3) is 2.24. The summed E-state index contributed by atoms with van der Waals surface area (Å²) in [5.74, 6) is 1.00. The van der Waals surface area contributed by atoms with Gasteiger partial charge in [0, 0.05) is 18.0 Å². The van der Waals surface area contributed by atoms with E-state index < -0.39 is 0 Å². The molecule has 1 heterocycles. The van der Waals surface area contributed by atoms with Crippen LogP contribution < -0.4 is 10.1 Å². The molecule has 1 N–H and O–H groups in total. The van der Waals surface area contributed by atoms with Crippen LogP contribution in [0.25, 0.3) is 0 Å². The lowest BCUT2D eigenvalue weighted by Crippen LogP contribution is -2.27. The zero-order valence-corrected chi connectivity index (χ0v) is 11.4. The maximum atomic E-state index is 6.19. The van der Waals surface area contributed by atoms with Gasteiger partial charge in [-0.05, 0) is 31.2 Å². The van der Waals surface area contributed by atoms with Gasteiger partial charge in [-0.1, -0.05) is 42.5 Å². The fraction of sp³-hybridized carbons (Fsp3) is 0.294. The van der Waals surface area contributed by atoms with Crippen molar-refractivity contribution >= 4 is 0 Å². The van der Waals surface area contributed by atoms with Gasteiger partial charge in [-0.25, -0.2) is 0 Å². The molecule has 0 fully saturated rings. The van der Waals surface area contributed by atoms with Gasteiger partial charge in [-0.3, -0.25) is 0 Å². The molecule has 0 aromatic heterocycles. The summed E-state index contributed by atoms with van der Waals surface area (Å²) in [7, 11) is 2.02. The largest absolute Gasteiger partial charge is 0.485 e. The van der Waals surface area contributed by atoms with Crippen molar-refractivity contribution in [1.29, 1.82) is 0 Å². The van der Waals surface area contributed by atoms with E-state index in [2.05, 4.69) is 54.7 Å². The third-order valence-electron chi connectivity index (χ3n) is 3.90. The lowest BCUT2D eigenvalue weighted by atomic mass is 9.91. The molecule has 0 amide bonds. The summed E-state index contributed by atoms with van der Waals surface area (Å²) in [6, 6.07) is 17.1. The molecule has 2 nitrogen and oxygen atoms in total. The molecule has 2 unspecified atom stereocenters. The van der Waals surface area contributed by atoms with Crippen LogP contribution in [0.3, 0.4) is 0 Å². The molecule has 2 heteroatoms. The van der Waals surface area contributed by atoms with Crippen LogP contribution in [0.1, 0.15) is 35.3 Å². The fourth-order valence-electron chi connectivity index (χ4n) is 2.83. The van der Waals surface area contributed by atoms with Gasteiger partial charge in [0.1, 0.15) is 11.9 Å². The quantitative estimate of drug-likeness (QED) is 0.879. The Labute approximate surface area is 114 Å². The van der Waals surface area contributed by atoms with Crippen molar-refractivity contribution in [3.63, 3.8) is 0 Å². The number of fused-ring (bicyclic) bond motifs is 1. The first-order valence-corrected chi connectivity index (χ1v) is 6.78. The maximum absolute atomic E-state index is 6.19. The first-order chi connectivity index (χ1) is 9.29. The van der Waals surface area contributed by atoms with Gasteiger partial charge in [-0.2, -0.15) is 0 Å². The van der Waals surface area contributed by atoms with Crippen LogP contribution in [-0.2, 0) is 0 Å². The standard InChI is InChI=1S/C17H19NO/c1-12-7-3-4-8-13(12)17-11-15(18-2)14-9-5-6-10-16(14)19-17/h3-10,15,17-18H,11H2,1-2H3. The van der Waals surface area contributed by atoms with Crippen molar-refractivity contribution in [3.8, 4) is 5.75 Å².